The van der Waals surface area contributed by atoms with Crippen molar-refractivity contribution in [3.8, 4) is 5.75 Å². The molecule has 4 nitrogen and oxygen atoms in total. The summed E-state index contributed by atoms with van der Waals surface area (Å²) in [5.41, 5.74) is -1.03. The molecule has 2 aliphatic heterocycles. The number of hydrogen-bond donors (Lipinski definition) is 1. The molecule has 1 saturated carbocycles. The number of rotatable bonds is 5. The molecule has 38 heavy (non-hydrogen) atoms. The third-order valence-corrected chi connectivity index (χ3v) is 8.42. The van der Waals surface area contributed by atoms with E-state index < -0.39 is 41.4 Å². The van der Waals surface area contributed by atoms with Crippen molar-refractivity contribution in [1.82, 2.24) is 4.90 Å². The molecule has 2 unspecified atom stereocenters. The molecule has 3 aliphatic rings. The Morgan fingerprint density at radius 1 is 1.03 bits per heavy atom. The molecule has 5 rings (SSSR count). The summed E-state index contributed by atoms with van der Waals surface area (Å²) in [6.07, 6.45) is -5.99. The van der Waals surface area contributed by atoms with E-state index in [0.717, 1.165) is 42.6 Å². The number of hydrogen-bond acceptors (Lipinski definition) is 3. The molecule has 0 amide bonds. The van der Waals surface area contributed by atoms with Crippen LogP contribution in [0.1, 0.15) is 67.0 Å². The van der Waals surface area contributed by atoms with Crippen LogP contribution in [0.4, 0.5) is 26.3 Å². The summed E-state index contributed by atoms with van der Waals surface area (Å²) in [6, 6.07) is 6.63. The summed E-state index contributed by atoms with van der Waals surface area (Å²) in [7, 11) is 0. The van der Waals surface area contributed by atoms with Crippen LogP contribution < -0.4 is 4.74 Å². The second-order valence-electron chi connectivity index (χ2n) is 11.4. The van der Waals surface area contributed by atoms with E-state index in [4.69, 9.17) is 4.74 Å². The molecule has 0 bridgehead atoms. The number of aryl methyl sites for hydroxylation is 1. The number of aliphatic carboxylic acids is 1. The average molecular weight is 542 g/mol. The lowest BCUT2D eigenvalue weighted by Crippen LogP contribution is -2.70. The van der Waals surface area contributed by atoms with E-state index in [0.29, 0.717) is 37.7 Å². The highest BCUT2D eigenvalue weighted by atomic mass is 19.4. The number of benzene rings is 2. The van der Waals surface area contributed by atoms with E-state index in [-0.39, 0.29) is 16.6 Å². The zero-order chi connectivity index (χ0) is 27.7. The second kappa shape index (κ2) is 8.89. The van der Waals surface area contributed by atoms with Gasteiger partial charge in [0.15, 0.2) is 0 Å². The van der Waals surface area contributed by atoms with Crippen LogP contribution in [0.3, 0.4) is 0 Å². The molecule has 0 aromatic heterocycles. The smallest absolute Gasteiger partial charge is 0.416 e. The second-order valence-corrected chi connectivity index (χ2v) is 11.4. The largest absolute Gasteiger partial charge is 0.487 e. The van der Waals surface area contributed by atoms with Gasteiger partial charge in [-0.05, 0) is 80.0 Å². The molecule has 2 aromatic carbocycles. The number of likely N-dealkylation sites (tertiary alicyclic amines) is 1. The quantitative estimate of drug-likeness (QED) is 0.418. The molecule has 2 fully saturated rings. The monoisotopic (exact) mass is 541 g/mol. The Hall–Kier alpha value is -2.75. The van der Waals surface area contributed by atoms with Gasteiger partial charge in [-0.15, -0.1) is 0 Å². The first-order valence-corrected chi connectivity index (χ1v) is 12.7. The van der Waals surface area contributed by atoms with Crippen molar-refractivity contribution in [2.24, 2.45) is 11.3 Å². The van der Waals surface area contributed by atoms with Crippen molar-refractivity contribution in [2.45, 2.75) is 69.9 Å². The maximum Gasteiger partial charge on any atom is 0.416 e. The number of carboxylic acids is 1. The molecule has 1 saturated heterocycles. The summed E-state index contributed by atoms with van der Waals surface area (Å²) >= 11 is 0. The highest BCUT2D eigenvalue weighted by molar-refractivity contribution is 5.70. The van der Waals surface area contributed by atoms with Crippen LogP contribution >= 0.6 is 0 Å². The van der Waals surface area contributed by atoms with Gasteiger partial charge in [-0.3, -0.25) is 9.69 Å². The van der Waals surface area contributed by atoms with Crippen LogP contribution in [0.25, 0.3) is 0 Å². The number of ether oxygens (including phenoxy) is 1. The van der Waals surface area contributed by atoms with Crippen LogP contribution in [0, 0.1) is 11.3 Å². The Bertz CT molecular complexity index is 1240. The van der Waals surface area contributed by atoms with Gasteiger partial charge < -0.3 is 9.84 Å². The predicted octanol–water partition coefficient (Wildman–Crippen LogP) is 6.91. The fourth-order valence-corrected chi connectivity index (χ4v) is 6.53. The summed E-state index contributed by atoms with van der Waals surface area (Å²) in [5, 5.41) is 9.20. The molecule has 2 spiro atoms. The standard InChI is InChI=1S/C28H29F6NO3/c1-16(24(36)37)9-18-3-4-19-7-8-26(38-23(19)10-18)12-25(13-26)14-35(15-25)17(2)21-11-20(27(29,30)31)5-6-22(21)28(32,33)34/h3-6,10-11,16-17H,7-9,12-15H2,1-2H3,(H,36,37). The molecule has 2 heterocycles. The minimum absolute atomic E-state index is 0.124. The lowest BCUT2D eigenvalue weighted by Gasteiger charge is -2.65. The van der Waals surface area contributed by atoms with Crippen molar-refractivity contribution < 1.29 is 41.0 Å². The van der Waals surface area contributed by atoms with Crippen molar-refractivity contribution >= 4 is 5.97 Å². The first-order chi connectivity index (χ1) is 17.6. The number of nitrogens with zero attached hydrogens (tertiary/aromatic N) is 1. The maximum absolute atomic E-state index is 13.6. The van der Waals surface area contributed by atoms with Gasteiger partial charge in [-0.1, -0.05) is 19.1 Å². The Morgan fingerprint density at radius 2 is 1.71 bits per heavy atom. The maximum atomic E-state index is 13.6. The summed E-state index contributed by atoms with van der Waals surface area (Å²) < 4.78 is 87.0. The Kier molecular flexibility index (Phi) is 6.28. The number of carbonyl (C=O) groups is 1. The van der Waals surface area contributed by atoms with Crippen LogP contribution in [0.2, 0.25) is 0 Å². The Balaban J connectivity index is 1.26. The number of fused-ring (bicyclic) bond motifs is 1. The van der Waals surface area contributed by atoms with Gasteiger partial charge in [0.25, 0.3) is 0 Å². The third kappa shape index (κ3) is 4.87. The summed E-state index contributed by atoms with van der Waals surface area (Å²) in [6.45, 7) is 4.17. The third-order valence-electron chi connectivity index (χ3n) is 8.42. The van der Waals surface area contributed by atoms with E-state index >= 15 is 0 Å². The lowest BCUT2D eigenvalue weighted by molar-refractivity contribution is -0.192. The average Bonchev–Trinajstić information content (AvgIpc) is 2.78. The van der Waals surface area contributed by atoms with Crippen molar-refractivity contribution in [1.29, 1.82) is 0 Å². The number of carboxylic acid groups (broad SMARTS) is 1. The topological polar surface area (TPSA) is 49.8 Å². The lowest BCUT2D eigenvalue weighted by atomic mass is 9.53. The van der Waals surface area contributed by atoms with Gasteiger partial charge in [0, 0.05) is 24.5 Å². The SMILES string of the molecule is CC(Cc1ccc2c(c1)OC1(CC2)CC2(CN(C(C)c3cc(C(F)(F)F)ccc3C(F)(F)F)C2)C1)C(=O)O. The fraction of sp³-hybridized carbons (Fsp3) is 0.536. The van der Waals surface area contributed by atoms with Gasteiger partial charge in [0.1, 0.15) is 11.4 Å². The molecular formula is C28H29F6NO3. The summed E-state index contributed by atoms with van der Waals surface area (Å²) in [5.74, 6) is -0.628. The fourth-order valence-electron chi connectivity index (χ4n) is 6.53. The molecule has 2 atom stereocenters. The van der Waals surface area contributed by atoms with Gasteiger partial charge in [0.05, 0.1) is 17.0 Å². The van der Waals surface area contributed by atoms with Gasteiger partial charge in [-0.2, -0.15) is 26.3 Å². The highest BCUT2D eigenvalue weighted by Gasteiger charge is 2.62. The first kappa shape index (κ1) is 26.8. The normalized spacial score (nSPS) is 21.7. The van der Waals surface area contributed by atoms with Gasteiger partial charge in [-0.25, -0.2) is 0 Å². The van der Waals surface area contributed by atoms with Crippen molar-refractivity contribution in [3.63, 3.8) is 0 Å². The Labute approximate surface area is 216 Å². The first-order valence-electron chi connectivity index (χ1n) is 12.7. The van der Waals surface area contributed by atoms with E-state index in [9.17, 15) is 36.2 Å². The molecule has 2 aromatic rings. The molecule has 1 N–H and O–H groups in total. The van der Waals surface area contributed by atoms with E-state index in [1.807, 2.05) is 18.2 Å². The van der Waals surface area contributed by atoms with Crippen molar-refractivity contribution in [3.05, 3.63) is 64.2 Å². The number of halogens is 6. The van der Waals surface area contributed by atoms with E-state index in [2.05, 4.69) is 0 Å². The van der Waals surface area contributed by atoms with Crippen LogP contribution in [0.5, 0.6) is 5.75 Å². The Morgan fingerprint density at radius 3 is 2.32 bits per heavy atom. The molecule has 0 radical (unpaired) electrons. The van der Waals surface area contributed by atoms with Crippen LogP contribution in [-0.4, -0.2) is 34.7 Å². The summed E-state index contributed by atoms with van der Waals surface area (Å²) in [4.78, 5) is 13.0. The number of alkyl halides is 6. The zero-order valence-corrected chi connectivity index (χ0v) is 21.0. The minimum Gasteiger partial charge on any atom is -0.487 e. The van der Waals surface area contributed by atoms with Crippen molar-refractivity contribution in [2.75, 3.05) is 13.1 Å². The van der Waals surface area contributed by atoms with Crippen LogP contribution in [0.15, 0.2) is 36.4 Å². The zero-order valence-electron chi connectivity index (χ0n) is 21.0. The molecule has 206 valence electrons. The molecular weight excluding hydrogens is 512 g/mol. The van der Waals surface area contributed by atoms with E-state index in [1.54, 1.807) is 11.8 Å². The van der Waals surface area contributed by atoms with Gasteiger partial charge >= 0.3 is 18.3 Å². The van der Waals surface area contributed by atoms with Gasteiger partial charge in [0.2, 0.25) is 0 Å². The minimum atomic E-state index is -4.75. The molecule has 1 aliphatic carbocycles. The predicted molar refractivity (Wildman–Crippen MR) is 127 cm³/mol. The van der Waals surface area contributed by atoms with Crippen LogP contribution in [-0.2, 0) is 30.0 Å². The molecule has 10 heteroatoms. The van der Waals surface area contributed by atoms with E-state index in [1.165, 1.54) is 6.92 Å². The highest BCUT2D eigenvalue weighted by Crippen LogP contribution is 2.60.